The monoisotopic (exact) mass is 250 g/mol. The molecule has 2 heterocycles. The summed E-state index contributed by atoms with van der Waals surface area (Å²) >= 11 is 0. The third kappa shape index (κ3) is 2.93. The molecule has 1 aromatic rings. The highest BCUT2D eigenvalue weighted by Crippen LogP contribution is 2.26. The van der Waals surface area contributed by atoms with Crippen molar-refractivity contribution in [2.24, 2.45) is 5.73 Å². The third-order valence-electron chi connectivity index (χ3n) is 4.01. The van der Waals surface area contributed by atoms with Gasteiger partial charge in [0.1, 0.15) is 0 Å². The Bertz CT molecular complexity index is 352. The first-order valence-electron chi connectivity index (χ1n) is 7.25. The Hall–Kier alpha value is -0.870. The molecule has 102 valence electrons. The Morgan fingerprint density at radius 3 is 2.72 bits per heavy atom. The van der Waals surface area contributed by atoms with Crippen LogP contribution in [0, 0.1) is 0 Å². The summed E-state index contributed by atoms with van der Waals surface area (Å²) in [6, 6.07) is 0.717. The molecule has 1 aliphatic heterocycles. The zero-order chi connectivity index (χ0) is 13.0. The van der Waals surface area contributed by atoms with E-state index in [9.17, 15) is 0 Å². The van der Waals surface area contributed by atoms with E-state index < -0.39 is 0 Å². The normalized spacial score (nSPS) is 20.2. The Morgan fingerprint density at radius 2 is 2.11 bits per heavy atom. The van der Waals surface area contributed by atoms with Crippen LogP contribution in [0.5, 0.6) is 0 Å². The minimum atomic E-state index is 0.126. The average Bonchev–Trinajstić information content (AvgIpc) is 2.88. The van der Waals surface area contributed by atoms with Crippen LogP contribution in [0.3, 0.4) is 0 Å². The quantitative estimate of drug-likeness (QED) is 0.872. The van der Waals surface area contributed by atoms with Crippen LogP contribution in [-0.2, 0) is 0 Å². The molecule has 18 heavy (non-hydrogen) atoms. The van der Waals surface area contributed by atoms with E-state index in [2.05, 4.69) is 28.3 Å². The highest BCUT2D eigenvalue weighted by Gasteiger charge is 2.22. The number of rotatable bonds is 5. The summed E-state index contributed by atoms with van der Waals surface area (Å²) in [5.41, 5.74) is 7.35. The van der Waals surface area contributed by atoms with Crippen LogP contribution in [-0.4, -0.2) is 34.1 Å². The number of hydrogen-bond acceptors (Lipinski definition) is 3. The van der Waals surface area contributed by atoms with E-state index in [1.54, 1.807) is 0 Å². The second-order valence-corrected chi connectivity index (χ2v) is 5.31. The van der Waals surface area contributed by atoms with Gasteiger partial charge in [-0.25, -0.2) is 4.98 Å². The summed E-state index contributed by atoms with van der Waals surface area (Å²) in [5, 5.41) is 0. The van der Waals surface area contributed by atoms with Crippen molar-refractivity contribution in [2.75, 3.05) is 19.6 Å². The van der Waals surface area contributed by atoms with Gasteiger partial charge < -0.3 is 15.2 Å². The van der Waals surface area contributed by atoms with Crippen molar-refractivity contribution in [1.29, 1.82) is 0 Å². The lowest BCUT2D eigenvalue weighted by molar-refractivity contribution is 0.184. The maximum absolute atomic E-state index is 6.15. The fourth-order valence-corrected chi connectivity index (χ4v) is 2.85. The lowest BCUT2D eigenvalue weighted by Gasteiger charge is -2.33. The number of piperidine rings is 1. The first-order valence-corrected chi connectivity index (χ1v) is 7.25. The second-order valence-electron chi connectivity index (χ2n) is 5.31. The standard InChI is InChI=1S/C14H26N4/c1-3-7-17-8-5-12(6-9-17)18-11-16-10-14(18)13(15)4-2/h10-13H,3-9,15H2,1-2H3/t13-/m1/s1. The molecule has 1 aliphatic rings. The van der Waals surface area contributed by atoms with Crippen LogP contribution in [0.4, 0.5) is 0 Å². The van der Waals surface area contributed by atoms with E-state index in [1.807, 2.05) is 12.5 Å². The molecule has 0 spiro atoms. The predicted molar refractivity (Wildman–Crippen MR) is 74.4 cm³/mol. The van der Waals surface area contributed by atoms with E-state index in [-0.39, 0.29) is 6.04 Å². The number of nitrogens with two attached hydrogens (primary N) is 1. The summed E-state index contributed by atoms with van der Waals surface area (Å²) in [4.78, 5) is 6.85. The lowest BCUT2D eigenvalue weighted by atomic mass is 10.0. The number of likely N-dealkylation sites (tertiary alicyclic amines) is 1. The van der Waals surface area contributed by atoms with Crippen LogP contribution < -0.4 is 5.73 Å². The Balaban J connectivity index is 1.99. The average molecular weight is 250 g/mol. The fourth-order valence-electron chi connectivity index (χ4n) is 2.85. The largest absolute Gasteiger partial charge is 0.330 e. The van der Waals surface area contributed by atoms with E-state index >= 15 is 0 Å². The first kappa shape index (κ1) is 13.6. The molecule has 1 fully saturated rings. The van der Waals surface area contributed by atoms with Gasteiger partial charge in [0.15, 0.2) is 0 Å². The highest BCUT2D eigenvalue weighted by molar-refractivity contribution is 5.06. The van der Waals surface area contributed by atoms with E-state index in [1.165, 1.54) is 44.6 Å². The molecule has 1 aromatic heterocycles. The lowest BCUT2D eigenvalue weighted by Crippen LogP contribution is -2.35. The van der Waals surface area contributed by atoms with Gasteiger partial charge in [0.05, 0.1) is 12.0 Å². The van der Waals surface area contributed by atoms with Crippen molar-refractivity contribution in [3.8, 4) is 0 Å². The SMILES string of the molecule is CCCN1CCC(n2cncc2[C@H](N)CC)CC1. The van der Waals surface area contributed by atoms with Crippen LogP contribution in [0.25, 0.3) is 0 Å². The maximum Gasteiger partial charge on any atom is 0.0951 e. The molecule has 2 N–H and O–H groups in total. The van der Waals surface area contributed by atoms with Crippen molar-refractivity contribution < 1.29 is 0 Å². The van der Waals surface area contributed by atoms with E-state index in [4.69, 9.17) is 5.73 Å². The van der Waals surface area contributed by atoms with Gasteiger partial charge >= 0.3 is 0 Å². The van der Waals surface area contributed by atoms with Crippen molar-refractivity contribution in [1.82, 2.24) is 14.5 Å². The molecular weight excluding hydrogens is 224 g/mol. The van der Waals surface area contributed by atoms with Gasteiger partial charge in [-0.1, -0.05) is 13.8 Å². The van der Waals surface area contributed by atoms with Crippen molar-refractivity contribution >= 4 is 0 Å². The summed E-state index contributed by atoms with van der Waals surface area (Å²) < 4.78 is 2.32. The van der Waals surface area contributed by atoms with Crippen molar-refractivity contribution in [3.05, 3.63) is 18.2 Å². The smallest absolute Gasteiger partial charge is 0.0951 e. The molecule has 4 nitrogen and oxygen atoms in total. The van der Waals surface area contributed by atoms with Gasteiger partial charge in [-0.15, -0.1) is 0 Å². The molecule has 0 bridgehead atoms. The first-order chi connectivity index (χ1) is 8.76. The van der Waals surface area contributed by atoms with Gasteiger partial charge in [0.25, 0.3) is 0 Å². The topological polar surface area (TPSA) is 47.1 Å². The molecule has 0 unspecified atom stereocenters. The van der Waals surface area contributed by atoms with Crippen LogP contribution in [0.1, 0.15) is 57.3 Å². The molecule has 0 amide bonds. The molecule has 1 atom stereocenters. The van der Waals surface area contributed by atoms with Crippen LogP contribution in [0.2, 0.25) is 0 Å². The summed E-state index contributed by atoms with van der Waals surface area (Å²) in [6.45, 7) is 8.03. The summed E-state index contributed by atoms with van der Waals surface area (Å²) in [6.07, 6.45) is 8.57. The zero-order valence-electron chi connectivity index (χ0n) is 11.7. The Morgan fingerprint density at radius 1 is 1.39 bits per heavy atom. The van der Waals surface area contributed by atoms with Gasteiger partial charge in [-0.05, 0) is 32.2 Å². The zero-order valence-corrected chi connectivity index (χ0v) is 11.7. The van der Waals surface area contributed by atoms with Gasteiger partial charge in [-0.3, -0.25) is 0 Å². The number of imidazole rings is 1. The predicted octanol–water partition coefficient (Wildman–Crippen LogP) is 2.34. The van der Waals surface area contributed by atoms with E-state index in [0.29, 0.717) is 6.04 Å². The van der Waals surface area contributed by atoms with Crippen LogP contribution >= 0.6 is 0 Å². The maximum atomic E-state index is 6.15. The Kier molecular flexibility index (Phi) is 4.78. The summed E-state index contributed by atoms with van der Waals surface area (Å²) in [7, 11) is 0. The number of aromatic nitrogens is 2. The van der Waals surface area contributed by atoms with E-state index in [0.717, 1.165) is 6.42 Å². The van der Waals surface area contributed by atoms with Crippen molar-refractivity contribution in [3.63, 3.8) is 0 Å². The van der Waals surface area contributed by atoms with Gasteiger partial charge in [-0.2, -0.15) is 0 Å². The molecule has 1 saturated heterocycles. The molecule has 2 rings (SSSR count). The minimum absolute atomic E-state index is 0.126. The van der Waals surface area contributed by atoms with Crippen molar-refractivity contribution in [2.45, 2.75) is 51.6 Å². The fraction of sp³-hybridized carbons (Fsp3) is 0.786. The molecular formula is C14H26N4. The molecule has 0 aliphatic carbocycles. The third-order valence-corrected chi connectivity index (χ3v) is 4.01. The highest BCUT2D eigenvalue weighted by atomic mass is 15.2. The van der Waals surface area contributed by atoms with Gasteiger partial charge in [0, 0.05) is 31.4 Å². The molecule has 0 aromatic carbocycles. The second kappa shape index (κ2) is 6.34. The van der Waals surface area contributed by atoms with Crippen LogP contribution in [0.15, 0.2) is 12.5 Å². The molecule has 0 saturated carbocycles. The molecule has 0 radical (unpaired) electrons. The number of nitrogens with zero attached hydrogens (tertiary/aromatic N) is 3. The Labute approximate surface area is 110 Å². The minimum Gasteiger partial charge on any atom is -0.330 e. The molecule has 4 heteroatoms. The number of hydrogen-bond donors (Lipinski definition) is 1. The van der Waals surface area contributed by atoms with Gasteiger partial charge in [0.2, 0.25) is 0 Å². The summed E-state index contributed by atoms with van der Waals surface area (Å²) in [5.74, 6) is 0.